The van der Waals surface area contributed by atoms with Crippen molar-refractivity contribution in [2.24, 2.45) is 0 Å². The van der Waals surface area contributed by atoms with Crippen LogP contribution in [0, 0.1) is 0 Å². The van der Waals surface area contributed by atoms with Gasteiger partial charge in [-0.25, -0.2) is 0 Å². The molecule has 0 aromatic carbocycles. The van der Waals surface area contributed by atoms with Crippen molar-refractivity contribution >= 4 is 5.91 Å². The summed E-state index contributed by atoms with van der Waals surface area (Å²) in [5.74, 6) is 0.0251. The molecule has 0 unspecified atom stereocenters. The molecule has 1 heterocycles. The van der Waals surface area contributed by atoms with Crippen LogP contribution in [-0.4, -0.2) is 29.9 Å². The first-order valence-corrected chi connectivity index (χ1v) is 4.31. The minimum absolute atomic E-state index is 0.0251. The van der Waals surface area contributed by atoms with Gasteiger partial charge in [0, 0.05) is 31.5 Å². The zero-order valence-corrected chi connectivity index (χ0v) is 8.24. The maximum atomic E-state index is 11.5. The SMILES string of the molecule is CCc1cc(C(=O)N(C)C)ccn1. The lowest BCUT2D eigenvalue weighted by Gasteiger charge is -2.10. The van der Waals surface area contributed by atoms with Crippen LogP contribution in [0.4, 0.5) is 0 Å². The van der Waals surface area contributed by atoms with Gasteiger partial charge >= 0.3 is 0 Å². The average molecular weight is 178 g/mol. The van der Waals surface area contributed by atoms with Crippen molar-refractivity contribution < 1.29 is 4.79 Å². The Morgan fingerprint density at radius 2 is 2.23 bits per heavy atom. The van der Waals surface area contributed by atoms with Crippen LogP contribution in [-0.2, 0) is 6.42 Å². The second-order valence-electron chi connectivity index (χ2n) is 3.09. The number of hydrogen-bond donors (Lipinski definition) is 0. The van der Waals surface area contributed by atoms with Crippen molar-refractivity contribution in [1.29, 1.82) is 0 Å². The van der Waals surface area contributed by atoms with Crippen LogP contribution in [0.2, 0.25) is 0 Å². The molecule has 0 aliphatic heterocycles. The highest BCUT2D eigenvalue weighted by molar-refractivity contribution is 5.93. The molecule has 0 spiro atoms. The molecule has 0 atom stereocenters. The van der Waals surface area contributed by atoms with Crippen molar-refractivity contribution in [3.63, 3.8) is 0 Å². The Kier molecular flexibility index (Phi) is 3.01. The number of nitrogens with zero attached hydrogens (tertiary/aromatic N) is 2. The van der Waals surface area contributed by atoms with Gasteiger partial charge < -0.3 is 4.90 Å². The quantitative estimate of drug-likeness (QED) is 0.684. The summed E-state index contributed by atoms with van der Waals surface area (Å²) < 4.78 is 0. The summed E-state index contributed by atoms with van der Waals surface area (Å²) in [5.41, 5.74) is 1.66. The number of hydrogen-bond acceptors (Lipinski definition) is 2. The Bertz CT molecular complexity index is 308. The summed E-state index contributed by atoms with van der Waals surface area (Å²) in [6, 6.07) is 3.57. The molecule has 0 saturated carbocycles. The van der Waals surface area contributed by atoms with Crippen molar-refractivity contribution in [2.45, 2.75) is 13.3 Å². The standard InChI is InChI=1S/C10H14N2O/c1-4-9-7-8(5-6-11-9)10(13)12(2)3/h5-7H,4H2,1-3H3. The largest absolute Gasteiger partial charge is 0.345 e. The minimum Gasteiger partial charge on any atom is -0.345 e. The molecule has 70 valence electrons. The fourth-order valence-corrected chi connectivity index (χ4v) is 1.06. The van der Waals surface area contributed by atoms with Crippen LogP contribution in [0.25, 0.3) is 0 Å². The van der Waals surface area contributed by atoms with Gasteiger partial charge in [-0.05, 0) is 18.6 Å². The number of rotatable bonds is 2. The van der Waals surface area contributed by atoms with Gasteiger partial charge in [-0.3, -0.25) is 9.78 Å². The predicted molar refractivity (Wildman–Crippen MR) is 51.6 cm³/mol. The lowest BCUT2D eigenvalue weighted by molar-refractivity contribution is 0.0827. The van der Waals surface area contributed by atoms with Crippen LogP contribution in [0.1, 0.15) is 23.0 Å². The molecule has 0 radical (unpaired) electrons. The smallest absolute Gasteiger partial charge is 0.253 e. The van der Waals surface area contributed by atoms with Gasteiger partial charge in [-0.2, -0.15) is 0 Å². The predicted octanol–water partition coefficient (Wildman–Crippen LogP) is 1.35. The molecule has 13 heavy (non-hydrogen) atoms. The molecule has 3 heteroatoms. The Morgan fingerprint density at radius 3 is 2.77 bits per heavy atom. The zero-order chi connectivity index (χ0) is 9.84. The third-order valence-electron chi connectivity index (χ3n) is 1.83. The number of carbonyl (C=O) groups excluding carboxylic acids is 1. The molecule has 0 aliphatic carbocycles. The molecule has 1 rings (SSSR count). The van der Waals surface area contributed by atoms with E-state index in [1.807, 2.05) is 13.0 Å². The highest BCUT2D eigenvalue weighted by Gasteiger charge is 2.07. The maximum absolute atomic E-state index is 11.5. The summed E-state index contributed by atoms with van der Waals surface area (Å²) >= 11 is 0. The minimum atomic E-state index is 0.0251. The molecule has 1 amide bonds. The Balaban J connectivity index is 2.95. The molecule has 0 saturated heterocycles. The van der Waals surface area contributed by atoms with E-state index in [1.54, 1.807) is 31.3 Å². The van der Waals surface area contributed by atoms with Crippen LogP contribution in [0.15, 0.2) is 18.3 Å². The summed E-state index contributed by atoms with van der Waals surface area (Å²) in [6.07, 6.45) is 2.53. The second-order valence-corrected chi connectivity index (χ2v) is 3.09. The van der Waals surface area contributed by atoms with E-state index in [2.05, 4.69) is 4.98 Å². The number of aromatic nitrogens is 1. The van der Waals surface area contributed by atoms with Gasteiger partial charge in [-0.1, -0.05) is 6.92 Å². The molecule has 3 nitrogen and oxygen atoms in total. The highest BCUT2D eigenvalue weighted by Crippen LogP contribution is 2.04. The van der Waals surface area contributed by atoms with E-state index >= 15 is 0 Å². The van der Waals surface area contributed by atoms with E-state index in [1.165, 1.54) is 0 Å². The molecular weight excluding hydrogens is 164 g/mol. The first kappa shape index (κ1) is 9.71. The molecule has 0 aliphatic rings. The van der Waals surface area contributed by atoms with E-state index in [4.69, 9.17) is 0 Å². The normalized spacial score (nSPS) is 9.77. The van der Waals surface area contributed by atoms with E-state index in [0.717, 1.165) is 12.1 Å². The third-order valence-corrected chi connectivity index (χ3v) is 1.83. The van der Waals surface area contributed by atoms with E-state index in [9.17, 15) is 4.79 Å². The summed E-state index contributed by atoms with van der Waals surface area (Å²) in [4.78, 5) is 17.2. The molecule has 1 aromatic rings. The number of aryl methyl sites for hydroxylation is 1. The summed E-state index contributed by atoms with van der Waals surface area (Å²) in [6.45, 7) is 2.02. The first-order valence-electron chi connectivity index (χ1n) is 4.31. The van der Waals surface area contributed by atoms with Gasteiger partial charge in [0.2, 0.25) is 0 Å². The Hall–Kier alpha value is -1.38. The van der Waals surface area contributed by atoms with Gasteiger partial charge in [0.1, 0.15) is 0 Å². The van der Waals surface area contributed by atoms with Gasteiger partial charge in [0.05, 0.1) is 0 Å². The van der Waals surface area contributed by atoms with Crippen molar-refractivity contribution in [3.8, 4) is 0 Å². The summed E-state index contributed by atoms with van der Waals surface area (Å²) in [5, 5.41) is 0. The Morgan fingerprint density at radius 1 is 1.54 bits per heavy atom. The third kappa shape index (κ3) is 2.28. The van der Waals surface area contributed by atoms with Gasteiger partial charge in [-0.15, -0.1) is 0 Å². The van der Waals surface area contributed by atoms with Crippen molar-refractivity contribution in [2.75, 3.05) is 14.1 Å². The average Bonchev–Trinajstić information content (AvgIpc) is 2.16. The number of carbonyl (C=O) groups is 1. The van der Waals surface area contributed by atoms with Crippen molar-refractivity contribution in [3.05, 3.63) is 29.6 Å². The zero-order valence-electron chi connectivity index (χ0n) is 8.24. The van der Waals surface area contributed by atoms with Gasteiger partial charge in [0.25, 0.3) is 5.91 Å². The van der Waals surface area contributed by atoms with Crippen LogP contribution in [0.5, 0.6) is 0 Å². The first-order chi connectivity index (χ1) is 6.15. The van der Waals surface area contributed by atoms with E-state index < -0.39 is 0 Å². The molecule has 0 bridgehead atoms. The van der Waals surface area contributed by atoms with Crippen LogP contribution >= 0.6 is 0 Å². The monoisotopic (exact) mass is 178 g/mol. The topological polar surface area (TPSA) is 33.2 Å². The molecule has 0 N–H and O–H groups in total. The molecular formula is C10H14N2O. The number of pyridine rings is 1. The fraction of sp³-hybridized carbons (Fsp3) is 0.400. The Labute approximate surface area is 78.4 Å². The lowest BCUT2D eigenvalue weighted by atomic mass is 10.2. The number of amides is 1. The lowest BCUT2D eigenvalue weighted by Crippen LogP contribution is -2.21. The van der Waals surface area contributed by atoms with Gasteiger partial charge in [0.15, 0.2) is 0 Å². The molecule has 0 fully saturated rings. The second kappa shape index (κ2) is 4.03. The van der Waals surface area contributed by atoms with E-state index in [-0.39, 0.29) is 5.91 Å². The van der Waals surface area contributed by atoms with E-state index in [0.29, 0.717) is 5.56 Å². The molecule has 1 aromatic heterocycles. The van der Waals surface area contributed by atoms with Crippen LogP contribution in [0.3, 0.4) is 0 Å². The fourth-order valence-electron chi connectivity index (χ4n) is 1.06. The summed E-state index contributed by atoms with van der Waals surface area (Å²) in [7, 11) is 3.49. The van der Waals surface area contributed by atoms with Crippen molar-refractivity contribution in [1.82, 2.24) is 9.88 Å². The highest BCUT2D eigenvalue weighted by atomic mass is 16.2. The maximum Gasteiger partial charge on any atom is 0.253 e. The van der Waals surface area contributed by atoms with Crippen LogP contribution < -0.4 is 0 Å².